The van der Waals surface area contributed by atoms with Gasteiger partial charge in [0.15, 0.2) is 0 Å². The normalized spacial score (nSPS) is 13.7. The number of nitrogens with one attached hydrogen (secondary N) is 1. The van der Waals surface area contributed by atoms with Crippen LogP contribution in [-0.4, -0.2) is 22.0 Å². The molecule has 21 heavy (non-hydrogen) atoms. The third-order valence-corrected chi connectivity index (χ3v) is 4.83. The van der Waals surface area contributed by atoms with Crippen LogP contribution in [0.2, 0.25) is 0 Å². The molecule has 0 aliphatic carbocycles. The third-order valence-electron chi connectivity index (χ3n) is 3.51. The van der Waals surface area contributed by atoms with Gasteiger partial charge in [0.2, 0.25) is 5.91 Å². The number of aryl methyl sites for hydroxylation is 1. The van der Waals surface area contributed by atoms with Gasteiger partial charge in [0, 0.05) is 5.92 Å². The summed E-state index contributed by atoms with van der Waals surface area (Å²) in [5.74, 6) is -0.917. The first-order valence-electron chi connectivity index (χ1n) is 7.41. The average molecular weight is 312 g/mol. The minimum absolute atomic E-state index is 0.0207. The van der Waals surface area contributed by atoms with Crippen LogP contribution >= 0.6 is 11.3 Å². The summed E-state index contributed by atoms with van der Waals surface area (Å²) < 4.78 is 0. The van der Waals surface area contributed by atoms with Crippen molar-refractivity contribution >= 4 is 23.2 Å². The topological polar surface area (TPSA) is 79.3 Å². The minimum atomic E-state index is -0.968. The molecule has 1 amide bonds. The molecule has 0 fully saturated rings. The number of thiazole rings is 1. The largest absolute Gasteiger partial charge is 0.477 e. The zero-order chi connectivity index (χ0) is 16.0. The van der Waals surface area contributed by atoms with Crippen LogP contribution in [0.25, 0.3) is 0 Å². The maximum absolute atomic E-state index is 12.2. The number of nitrogens with zero attached hydrogens (tertiary/aromatic N) is 1. The Morgan fingerprint density at radius 3 is 2.52 bits per heavy atom. The summed E-state index contributed by atoms with van der Waals surface area (Å²) in [6.45, 7) is 7.64. The lowest BCUT2D eigenvalue weighted by Gasteiger charge is -2.17. The molecule has 1 aromatic heterocycles. The first-order valence-corrected chi connectivity index (χ1v) is 8.23. The van der Waals surface area contributed by atoms with Crippen LogP contribution in [-0.2, 0) is 4.79 Å². The Balaban J connectivity index is 2.71. The Bertz CT molecular complexity index is 499. The van der Waals surface area contributed by atoms with Gasteiger partial charge >= 0.3 is 5.97 Å². The number of carbonyl (C=O) groups is 2. The van der Waals surface area contributed by atoms with Crippen molar-refractivity contribution in [2.75, 3.05) is 0 Å². The number of aromatic nitrogens is 1. The van der Waals surface area contributed by atoms with Gasteiger partial charge in [0.25, 0.3) is 0 Å². The highest BCUT2D eigenvalue weighted by atomic mass is 32.1. The second kappa shape index (κ2) is 8.12. The van der Waals surface area contributed by atoms with E-state index in [1.165, 1.54) is 0 Å². The van der Waals surface area contributed by atoms with Crippen molar-refractivity contribution in [2.45, 2.75) is 59.4 Å². The Kier molecular flexibility index (Phi) is 6.81. The third kappa shape index (κ3) is 4.81. The van der Waals surface area contributed by atoms with Gasteiger partial charge in [-0.15, -0.1) is 11.3 Å². The van der Waals surface area contributed by atoms with Crippen LogP contribution in [0.1, 0.15) is 72.9 Å². The van der Waals surface area contributed by atoms with Crippen molar-refractivity contribution < 1.29 is 14.7 Å². The van der Waals surface area contributed by atoms with Crippen molar-refractivity contribution in [3.8, 4) is 0 Å². The Hall–Kier alpha value is -1.43. The average Bonchev–Trinajstić information content (AvgIpc) is 2.82. The zero-order valence-electron chi connectivity index (χ0n) is 13.1. The molecule has 0 bridgehead atoms. The molecule has 0 aliphatic heterocycles. The van der Waals surface area contributed by atoms with Crippen molar-refractivity contribution in [1.82, 2.24) is 10.3 Å². The molecule has 0 aromatic carbocycles. The molecule has 0 spiro atoms. The monoisotopic (exact) mass is 312 g/mol. The first kappa shape index (κ1) is 17.6. The van der Waals surface area contributed by atoms with Crippen LogP contribution in [0.3, 0.4) is 0 Å². The van der Waals surface area contributed by atoms with E-state index in [2.05, 4.69) is 17.2 Å². The molecule has 118 valence electrons. The number of hydrogen-bond donors (Lipinski definition) is 2. The Labute approximate surface area is 129 Å². The number of rotatable bonds is 8. The number of unbranched alkanes of at least 4 members (excludes halogenated alkanes) is 1. The van der Waals surface area contributed by atoms with E-state index >= 15 is 0 Å². The number of hydrogen-bond acceptors (Lipinski definition) is 4. The predicted octanol–water partition coefficient (Wildman–Crippen LogP) is 3.54. The zero-order valence-corrected chi connectivity index (χ0v) is 13.9. The van der Waals surface area contributed by atoms with Crippen LogP contribution in [0.15, 0.2) is 0 Å². The molecule has 0 saturated carbocycles. The van der Waals surface area contributed by atoms with Gasteiger partial charge in [-0.1, -0.05) is 26.7 Å². The summed E-state index contributed by atoms with van der Waals surface area (Å²) in [6.07, 6.45) is 3.82. The molecule has 6 heteroatoms. The summed E-state index contributed by atoms with van der Waals surface area (Å²) in [7, 11) is 0. The van der Waals surface area contributed by atoms with Gasteiger partial charge in [0.05, 0.1) is 11.7 Å². The fraction of sp³-hybridized carbons (Fsp3) is 0.667. The Morgan fingerprint density at radius 1 is 1.38 bits per heavy atom. The molecular formula is C15H24N2O3S. The quantitative estimate of drug-likeness (QED) is 0.769. The molecule has 0 aliphatic rings. The summed E-state index contributed by atoms with van der Waals surface area (Å²) in [5.41, 5.74) is 0.502. The maximum Gasteiger partial charge on any atom is 0.347 e. The number of carboxylic acid groups (broad SMARTS) is 1. The van der Waals surface area contributed by atoms with Crippen molar-refractivity contribution in [3.63, 3.8) is 0 Å². The van der Waals surface area contributed by atoms with E-state index in [9.17, 15) is 9.59 Å². The molecule has 0 radical (unpaired) electrons. The van der Waals surface area contributed by atoms with Crippen molar-refractivity contribution in [1.29, 1.82) is 0 Å². The van der Waals surface area contributed by atoms with Crippen LogP contribution in [0, 0.1) is 12.8 Å². The molecule has 1 aromatic rings. The van der Waals surface area contributed by atoms with E-state index in [0.29, 0.717) is 10.7 Å². The van der Waals surface area contributed by atoms with E-state index in [0.717, 1.165) is 37.0 Å². The summed E-state index contributed by atoms with van der Waals surface area (Å²) >= 11 is 1.13. The van der Waals surface area contributed by atoms with E-state index in [1.807, 2.05) is 13.8 Å². The number of aromatic carboxylic acids is 1. The number of carbonyl (C=O) groups excluding carboxylic acids is 1. The minimum Gasteiger partial charge on any atom is -0.477 e. The fourth-order valence-electron chi connectivity index (χ4n) is 2.17. The highest BCUT2D eigenvalue weighted by Crippen LogP contribution is 2.24. The highest BCUT2D eigenvalue weighted by Gasteiger charge is 2.22. The summed E-state index contributed by atoms with van der Waals surface area (Å²) in [5, 5.41) is 12.6. The van der Waals surface area contributed by atoms with Gasteiger partial charge in [-0.05, 0) is 26.7 Å². The van der Waals surface area contributed by atoms with Crippen molar-refractivity contribution in [3.05, 3.63) is 15.6 Å². The van der Waals surface area contributed by atoms with Gasteiger partial charge in [-0.2, -0.15) is 0 Å². The van der Waals surface area contributed by atoms with Gasteiger partial charge in [-0.3, -0.25) is 4.79 Å². The van der Waals surface area contributed by atoms with E-state index in [4.69, 9.17) is 5.11 Å². The van der Waals surface area contributed by atoms with Crippen LogP contribution < -0.4 is 5.32 Å². The molecular weight excluding hydrogens is 288 g/mol. The van der Waals surface area contributed by atoms with Gasteiger partial charge in [0.1, 0.15) is 9.88 Å². The van der Waals surface area contributed by atoms with Crippen LogP contribution in [0.5, 0.6) is 0 Å². The molecule has 2 unspecified atom stereocenters. The first-order chi connectivity index (χ1) is 9.90. The smallest absolute Gasteiger partial charge is 0.347 e. The summed E-state index contributed by atoms with van der Waals surface area (Å²) in [4.78, 5) is 27.8. The second-order valence-electron chi connectivity index (χ2n) is 5.25. The summed E-state index contributed by atoms with van der Waals surface area (Å²) in [6, 6.07) is -0.259. The van der Waals surface area contributed by atoms with Crippen LogP contribution in [0.4, 0.5) is 0 Å². The molecule has 0 saturated heterocycles. The second-order valence-corrected chi connectivity index (χ2v) is 6.28. The van der Waals surface area contributed by atoms with E-state index in [1.54, 1.807) is 6.92 Å². The Morgan fingerprint density at radius 2 is 2.05 bits per heavy atom. The fourth-order valence-corrected chi connectivity index (χ4v) is 3.07. The lowest BCUT2D eigenvalue weighted by Crippen LogP contribution is -2.32. The maximum atomic E-state index is 12.2. The number of amides is 1. The lowest BCUT2D eigenvalue weighted by molar-refractivity contribution is -0.126. The molecule has 2 N–H and O–H groups in total. The standard InChI is InChI=1S/C15H24N2O3S/c1-5-7-8-11(6-2)13(18)16-10(4)14-17-9(3)12(21-14)15(19)20/h10-11H,5-8H2,1-4H3,(H,16,18)(H,19,20). The molecule has 1 heterocycles. The van der Waals surface area contributed by atoms with Gasteiger partial charge in [-0.25, -0.2) is 9.78 Å². The molecule has 5 nitrogen and oxygen atoms in total. The number of carboxylic acids is 1. The van der Waals surface area contributed by atoms with E-state index < -0.39 is 5.97 Å². The predicted molar refractivity (Wildman–Crippen MR) is 83.7 cm³/mol. The SMILES string of the molecule is CCCCC(CC)C(=O)NC(C)c1nc(C)c(C(=O)O)s1. The molecule has 1 rings (SSSR count). The lowest BCUT2D eigenvalue weighted by atomic mass is 9.98. The van der Waals surface area contributed by atoms with Gasteiger partial charge < -0.3 is 10.4 Å². The van der Waals surface area contributed by atoms with Crippen molar-refractivity contribution in [2.24, 2.45) is 5.92 Å². The van der Waals surface area contributed by atoms with E-state index in [-0.39, 0.29) is 22.7 Å². The molecule has 2 atom stereocenters. The highest BCUT2D eigenvalue weighted by molar-refractivity contribution is 7.13.